The lowest BCUT2D eigenvalue weighted by molar-refractivity contribution is 0.544. The molecular formula is C3H6ClN5. The first-order chi connectivity index (χ1) is 4.18. The van der Waals surface area contributed by atoms with Crippen LogP contribution in [0.3, 0.4) is 0 Å². The van der Waals surface area contributed by atoms with Gasteiger partial charge in [0.2, 0.25) is 5.96 Å². The molecule has 0 bridgehead atoms. The van der Waals surface area contributed by atoms with E-state index in [1.165, 1.54) is 0 Å². The summed E-state index contributed by atoms with van der Waals surface area (Å²) in [4.78, 5) is 3.63. The molecule has 5 nitrogen and oxygen atoms in total. The summed E-state index contributed by atoms with van der Waals surface area (Å²) in [5.74, 6) is 0.464. The Morgan fingerprint density at radius 2 is 2.22 bits per heavy atom. The highest BCUT2D eigenvalue weighted by molar-refractivity contribution is 6.16. The highest BCUT2D eigenvalue weighted by Crippen LogP contribution is 1.98. The van der Waals surface area contributed by atoms with Crippen LogP contribution in [0.25, 0.3) is 0 Å². The lowest BCUT2D eigenvalue weighted by atomic mass is 10.6. The van der Waals surface area contributed by atoms with E-state index in [0.717, 1.165) is 4.53 Å². The van der Waals surface area contributed by atoms with Crippen LogP contribution in [0, 0.1) is 0 Å². The molecule has 6 heteroatoms. The average Bonchev–Trinajstić information content (AvgIpc) is 1.59. The summed E-state index contributed by atoms with van der Waals surface area (Å²) in [7, 11) is 0. The maximum absolute atomic E-state index is 5.41. The van der Waals surface area contributed by atoms with Crippen molar-refractivity contribution >= 4 is 23.6 Å². The molecule has 50 valence electrons. The van der Waals surface area contributed by atoms with E-state index in [-0.39, 0.29) is 5.96 Å². The van der Waals surface area contributed by atoms with Gasteiger partial charge in [-0.15, -0.1) is 5.10 Å². The number of hydrazone groups is 1. The third kappa shape index (κ3) is 1.46. The molecule has 0 radical (unpaired) electrons. The Morgan fingerprint density at radius 1 is 1.56 bits per heavy atom. The van der Waals surface area contributed by atoms with Crippen molar-refractivity contribution < 1.29 is 0 Å². The Hall–Kier alpha value is -0.970. The highest BCUT2D eigenvalue weighted by Gasteiger charge is 2.06. The zero-order valence-corrected chi connectivity index (χ0v) is 5.34. The normalized spacial score (nSPS) is 19.0. The van der Waals surface area contributed by atoms with Crippen LogP contribution >= 0.6 is 11.8 Å². The lowest BCUT2D eigenvalue weighted by Gasteiger charge is -2.12. The predicted octanol–water partition coefficient (Wildman–Crippen LogP) is -0.957. The SMILES string of the molecule is NC1=NC(N)=NN(Cl)C1. The monoisotopic (exact) mass is 147 g/mol. The van der Waals surface area contributed by atoms with Crippen molar-refractivity contribution in [1.82, 2.24) is 4.53 Å². The van der Waals surface area contributed by atoms with E-state index in [0.29, 0.717) is 12.4 Å². The first-order valence-corrected chi connectivity index (χ1v) is 2.63. The summed E-state index contributed by atoms with van der Waals surface area (Å²) in [5, 5.41) is 3.56. The second-order valence-corrected chi connectivity index (χ2v) is 1.95. The molecule has 0 unspecified atom stereocenters. The molecule has 4 N–H and O–H groups in total. The molecule has 0 saturated heterocycles. The average molecular weight is 148 g/mol. The third-order valence-corrected chi connectivity index (χ3v) is 0.957. The number of nitrogens with two attached hydrogens (primary N) is 2. The van der Waals surface area contributed by atoms with Gasteiger partial charge in [-0.3, -0.25) is 0 Å². The van der Waals surface area contributed by atoms with Gasteiger partial charge in [0.05, 0.1) is 0 Å². The van der Waals surface area contributed by atoms with Gasteiger partial charge in [0.1, 0.15) is 12.4 Å². The van der Waals surface area contributed by atoms with Gasteiger partial charge in [0, 0.05) is 11.8 Å². The fraction of sp³-hybridized carbons (Fsp3) is 0.333. The zero-order valence-electron chi connectivity index (χ0n) is 4.58. The van der Waals surface area contributed by atoms with Crippen LogP contribution in [0.4, 0.5) is 0 Å². The standard InChI is InChI=1S/C3H6ClN5/c4-9-1-2(5)7-3(6)8-9/h1H2,(H4,5,6,7,8). The summed E-state index contributed by atoms with van der Waals surface area (Å²) < 4.78 is 1.11. The van der Waals surface area contributed by atoms with E-state index in [2.05, 4.69) is 10.1 Å². The Morgan fingerprint density at radius 3 is 2.67 bits per heavy atom. The summed E-state index contributed by atoms with van der Waals surface area (Å²) >= 11 is 5.41. The first kappa shape index (κ1) is 6.15. The van der Waals surface area contributed by atoms with E-state index >= 15 is 0 Å². The van der Waals surface area contributed by atoms with Gasteiger partial charge in [0.25, 0.3) is 0 Å². The number of halogens is 1. The smallest absolute Gasteiger partial charge is 0.240 e. The van der Waals surface area contributed by atoms with Gasteiger partial charge >= 0.3 is 0 Å². The van der Waals surface area contributed by atoms with Crippen molar-refractivity contribution in [2.45, 2.75) is 0 Å². The molecule has 1 rings (SSSR count). The van der Waals surface area contributed by atoms with E-state index < -0.39 is 0 Å². The van der Waals surface area contributed by atoms with Crippen molar-refractivity contribution in [3.05, 3.63) is 0 Å². The van der Waals surface area contributed by atoms with Crippen LogP contribution in [-0.4, -0.2) is 22.9 Å². The fourth-order valence-electron chi connectivity index (χ4n) is 0.485. The molecule has 0 atom stereocenters. The largest absolute Gasteiger partial charge is 0.385 e. The van der Waals surface area contributed by atoms with Gasteiger partial charge in [-0.1, -0.05) is 0 Å². The number of nitrogens with zero attached hydrogens (tertiary/aromatic N) is 3. The minimum absolute atomic E-state index is 0.0914. The lowest BCUT2D eigenvalue weighted by Crippen LogP contribution is -2.33. The summed E-state index contributed by atoms with van der Waals surface area (Å²) in [5.41, 5.74) is 10.5. The molecular weight excluding hydrogens is 142 g/mol. The van der Waals surface area contributed by atoms with Crippen LogP contribution in [0.1, 0.15) is 0 Å². The van der Waals surface area contributed by atoms with E-state index in [9.17, 15) is 0 Å². The first-order valence-electron chi connectivity index (χ1n) is 2.29. The molecule has 0 saturated carbocycles. The topological polar surface area (TPSA) is 80.0 Å². The maximum atomic E-state index is 5.41. The molecule has 0 fully saturated rings. The number of aliphatic imine (C=N–C) groups is 1. The summed E-state index contributed by atoms with van der Waals surface area (Å²) in [6.45, 7) is 0.322. The van der Waals surface area contributed by atoms with Crippen molar-refractivity contribution in [2.75, 3.05) is 6.54 Å². The molecule has 0 aromatic heterocycles. The van der Waals surface area contributed by atoms with E-state index in [1.807, 2.05) is 0 Å². The number of hydrogen-bond acceptors (Lipinski definition) is 5. The molecule has 0 amide bonds. The van der Waals surface area contributed by atoms with Crippen molar-refractivity contribution in [1.29, 1.82) is 0 Å². The number of rotatable bonds is 0. The molecule has 9 heavy (non-hydrogen) atoms. The number of amidine groups is 1. The second-order valence-electron chi connectivity index (χ2n) is 1.56. The Bertz CT molecular complexity index is 173. The fourth-order valence-corrected chi connectivity index (χ4v) is 0.685. The molecule has 0 aromatic rings. The minimum atomic E-state index is 0.0914. The number of guanidine groups is 1. The molecule has 0 aliphatic carbocycles. The molecule has 0 spiro atoms. The number of hydrogen-bond donors (Lipinski definition) is 2. The summed E-state index contributed by atoms with van der Waals surface area (Å²) in [6, 6.07) is 0. The predicted molar refractivity (Wildman–Crippen MR) is 35.8 cm³/mol. The maximum Gasteiger partial charge on any atom is 0.240 e. The second kappa shape index (κ2) is 2.10. The Kier molecular flexibility index (Phi) is 1.44. The van der Waals surface area contributed by atoms with E-state index in [4.69, 9.17) is 23.2 Å². The van der Waals surface area contributed by atoms with Crippen molar-refractivity contribution in [3.63, 3.8) is 0 Å². The minimum Gasteiger partial charge on any atom is -0.385 e. The Labute approximate surface area is 57.1 Å². The molecule has 1 aliphatic heterocycles. The van der Waals surface area contributed by atoms with Gasteiger partial charge in [0.15, 0.2) is 0 Å². The van der Waals surface area contributed by atoms with Gasteiger partial charge < -0.3 is 11.5 Å². The quantitative estimate of drug-likeness (QED) is 0.433. The van der Waals surface area contributed by atoms with Crippen LogP contribution in [0.15, 0.2) is 10.1 Å². The van der Waals surface area contributed by atoms with Gasteiger partial charge in [-0.05, 0) is 0 Å². The van der Waals surface area contributed by atoms with Crippen molar-refractivity contribution in [2.24, 2.45) is 21.6 Å². The van der Waals surface area contributed by atoms with E-state index in [1.54, 1.807) is 0 Å². The zero-order chi connectivity index (χ0) is 6.85. The van der Waals surface area contributed by atoms with Gasteiger partial charge in [-0.25, -0.2) is 0 Å². The van der Waals surface area contributed by atoms with Crippen LogP contribution in [0.2, 0.25) is 0 Å². The molecule has 1 heterocycles. The molecule has 1 aliphatic rings. The van der Waals surface area contributed by atoms with Crippen molar-refractivity contribution in [3.8, 4) is 0 Å². The third-order valence-electron chi connectivity index (χ3n) is 0.762. The van der Waals surface area contributed by atoms with Crippen LogP contribution in [0.5, 0.6) is 0 Å². The van der Waals surface area contributed by atoms with Gasteiger partial charge in [-0.2, -0.15) is 9.52 Å². The summed E-state index contributed by atoms with van der Waals surface area (Å²) in [6.07, 6.45) is 0. The van der Waals surface area contributed by atoms with Crippen LogP contribution in [-0.2, 0) is 0 Å². The highest BCUT2D eigenvalue weighted by atomic mass is 35.5. The molecule has 0 aromatic carbocycles. The Balaban J connectivity index is 2.74. The van der Waals surface area contributed by atoms with Crippen LogP contribution < -0.4 is 11.5 Å².